The highest BCUT2D eigenvalue weighted by molar-refractivity contribution is 7.99. The number of hydrogen-bond donors (Lipinski definition) is 1. The van der Waals surface area contributed by atoms with Gasteiger partial charge in [-0.05, 0) is 48.7 Å². The van der Waals surface area contributed by atoms with Gasteiger partial charge in [-0.2, -0.15) is 0 Å². The molecule has 40 heavy (non-hydrogen) atoms. The minimum Gasteiger partial charge on any atom is -0.493 e. The summed E-state index contributed by atoms with van der Waals surface area (Å²) in [7, 11) is 1.38. The zero-order valence-corrected chi connectivity index (χ0v) is 24.1. The summed E-state index contributed by atoms with van der Waals surface area (Å²) in [6.07, 6.45) is 6.42. The van der Waals surface area contributed by atoms with Crippen LogP contribution < -0.4 is 0 Å². The monoisotopic (exact) mass is 566 g/mol. The van der Waals surface area contributed by atoms with Crippen LogP contribution in [-0.2, 0) is 22.4 Å². The van der Waals surface area contributed by atoms with Gasteiger partial charge in [0.05, 0.1) is 31.4 Å². The summed E-state index contributed by atoms with van der Waals surface area (Å²) < 4.78 is 12.0. The third-order valence-electron chi connectivity index (χ3n) is 7.02. The van der Waals surface area contributed by atoms with Crippen LogP contribution in [0.1, 0.15) is 54.9 Å². The first kappa shape index (κ1) is 29.6. The number of fused-ring (bicyclic) bond motifs is 1. The maximum absolute atomic E-state index is 12.6. The fraction of sp³-hybridized carbons (Fsp3) is 0.467. The van der Waals surface area contributed by atoms with E-state index in [1.807, 2.05) is 28.8 Å². The molecule has 0 bridgehead atoms. The van der Waals surface area contributed by atoms with Crippen LogP contribution in [0.15, 0.2) is 57.6 Å². The number of rotatable bonds is 12. The van der Waals surface area contributed by atoms with Crippen molar-refractivity contribution in [3.8, 4) is 5.88 Å². The average Bonchev–Trinajstić information content (AvgIpc) is 3.25. The van der Waals surface area contributed by atoms with E-state index in [-0.39, 0.29) is 11.8 Å². The number of benzene rings is 2. The number of aromatic hydroxyl groups is 1. The number of urea groups is 1. The smallest absolute Gasteiger partial charge is 0.362 e. The van der Waals surface area contributed by atoms with E-state index in [9.17, 15) is 14.7 Å². The maximum Gasteiger partial charge on any atom is 0.362 e. The normalized spacial score (nSPS) is 13.8. The second-order valence-electron chi connectivity index (χ2n) is 9.79. The van der Waals surface area contributed by atoms with E-state index in [0.717, 1.165) is 46.4 Å². The highest BCUT2D eigenvalue weighted by Crippen LogP contribution is 2.41. The molecule has 1 fully saturated rings. The Bertz CT molecular complexity index is 1320. The van der Waals surface area contributed by atoms with Crippen molar-refractivity contribution in [2.24, 2.45) is 10.2 Å². The molecule has 0 unspecified atom stereocenters. The second kappa shape index (κ2) is 14.9. The van der Waals surface area contributed by atoms with E-state index in [4.69, 9.17) is 9.47 Å². The quantitative estimate of drug-likeness (QED) is 0.110. The van der Waals surface area contributed by atoms with Crippen molar-refractivity contribution in [3.63, 3.8) is 0 Å². The molecule has 0 aliphatic carbocycles. The zero-order chi connectivity index (χ0) is 28.3. The molecular formula is C30H38N4O5S. The Kier molecular flexibility index (Phi) is 11.0. The van der Waals surface area contributed by atoms with Gasteiger partial charge in [0.1, 0.15) is 0 Å². The van der Waals surface area contributed by atoms with Crippen molar-refractivity contribution < 1.29 is 24.2 Å². The van der Waals surface area contributed by atoms with Crippen molar-refractivity contribution in [2.75, 3.05) is 39.2 Å². The molecule has 0 atom stereocenters. The Labute approximate surface area is 239 Å². The Balaban J connectivity index is 1.50. The molecular weight excluding hydrogens is 528 g/mol. The number of esters is 1. The molecule has 2 aromatic carbocycles. The summed E-state index contributed by atoms with van der Waals surface area (Å²) >= 11 is 1.70. The fourth-order valence-corrected chi connectivity index (χ4v) is 5.65. The highest BCUT2D eigenvalue weighted by Gasteiger charge is 2.20. The van der Waals surface area contributed by atoms with Gasteiger partial charge >= 0.3 is 12.0 Å². The molecule has 1 aliphatic heterocycles. The van der Waals surface area contributed by atoms with Crippen LogP contribution in [-0.4, -0.2) is 65.7 Å². The molecule has 10 heteroatoms. The maximum atomic E-state index is 12.6. The number of morpholine rings is 1. The summed E-state index contributed by atoms with van der Waals surface area (Å²) in [4.78, 5) is 26.9. The van der Waals surface area contributed by atoms with Crippen LogP contribution in [0.4, 0.5) is 10.5 Å². The molecule has 214 valence electrons. The van der Waals surface area contributed by atoms with Crippen LogP contribution >= 0.6 is 11.8 Å². The number of hydrogen-bond acceptors (Lipinski definition) is 7. The van der Waals surface area contributed by atoms with Gasteiger partial charge in [-0.15, -0.1) is 16.9 Å². The van der Waals surface area contributed by atoms with Gasteiger partial charge in [-0.25, -0.2) is 9.59 Å². The number of carbonyl (C=O) groups is 2. The van der Waals surface area contributed by atoms with Gasteiger partial charge in [0.2, 0.25) is 5.88 Å². The summed E-state index contributed by atoms with van der Waals surface area (Å²) in [6.45, 7) is 4.80. The average molecular weight is 567 g/mol. The van der Waals surface area contributed by atoms with Gasteiger partial charge < -0.3 is 24.0 Å². The van der Waals surface area contributed by atoms with Crippen LogP contribution in [0.2, 0.25) is 0 Å². The lowest BCUT2D eigenvalue weighted by Crippen LogP contribution is -2.39. The zero-order valence-electron chi connectivity index (χ0n) is 23.3. The Morgan fingerprint density at radius 1 is 1.05 bits per heavy atom. The Morgan fingerprint density at radius 3 is 2.52 bits per heavy atom. The van der Waals surface area contributed by atoms with Crippen LogP contribution in [0.25, 0.3) is 10.9 Å². The van der Waals surface area contributed by atoms with Gasteiger partial charge in [0, 0.05) is 35.7 Å². The summed E-state index contributed by atoms with van der Waals surface area (Å²) in [6, 6.07) is 13.1. The lowest BCUT2D eigenvalue weighted by atomic mass is 10.1. The van der Waals surface area contributed by atoms with Crippen molar-refractivity contribution >= 4 is 40.4 Å². The molecule has 4 rings (SSSR count). The first-order valence-electron chi connectivity index (χ1n) is 14.0. The van der Waals surface area contributed by atoms with E-state index in [0.29, 0.717) is 44.1 Å². The summed E-state index contributed by atoms with van der Waals surface area (Å²) in [5, 5.41) is 20.2. The largest absolute Gasteiger partial charge is 0.493 e. The van der Waals surface area contributed by atoms with Gasteiger partial charge in [0.15, 0.2) is 5.69 Å². The number of aryl methyl sites for hydroxylation is 2. The predicted molar refractivity (Wildman–Crippen MR) is 157 cm³/mol. The van der Waals surface area contributed by atoms with E-state index >= 15 is 0 Å². The molecule has 1 saturated heterocycles. The third-order valence-corrected chi connectivity index (χ3v) is 8.01. The molecule has 2 amide bonds. The fourth-order valence-electron chi connectivity index (χ4n) is 4.71. The molecule has 1 aromatic heterocycles. The second-order valence-corrected chi connectivity index (χ2v) is 11.0. The Morgan fingerprint density at radius 2 is 1.80 bits per heavy atom. The van der Waals surface area contributed by atoms with E-state index in [1.165, 1.54) is 26.4 Å². The van der Waals surface area contributed by atoms with Crippen LogP contribution in [0.3, 0.4) is 0 Å². The number of thioether (sulfide) groups is 1. The lowest BCUT2D eigenvalue weighted by molar-refractivity contribution is 0.0552. The summed E-state index contributed by atoms with van der Waals surface area (Å²) in [5.41, 5.74) is 2.87. The highest BCUT2D eigenvalue weighted by atomic mass is 32.2. The van der Waals surface area contributed by atoms with Crippen LogP contribution in [0.5, 0.6) is 5.88 Å². The SMILES string of the molecule is CCCCCCCn1c(O)c(N=NC(=O)N2CCOCC2)c2cc(SCCc3ccc(C(=O)OC)cc3)ccc21. The standard InChI is InChI=1S/C30H38N4O5S/c1-3-4-5-6-7-15-34-26-13-12-24(40-20-14-22-8-10-23(11-9-22)29(36)38-2)21-25(26)27(28(34)35)31-32-30(37)33-16-18-39-19-17-33/h8-13,21,35H,3-7,14-20H2,1-2H3. The topological polar surface area (TPSA) is 106 Å². The van der Waals surface area contributed by atoms with Crippen LogP contribution in [0, 0.1) is 0 Å². The first-order chi connectivity index (χ1) is 19.5. The molecule has 3 aromatic rings. The first-order valence-corrected chi connectivity index (χ1v) is 14.9. The van der Waals surface area contributed by atoms with Gasteiger partial charge in [-0.1, -0.05) is 49.9 Å². The molecule has 0 saturated carbocycles. The number of carbonyl (C=O) groups excluding carboxylic acids is 2. The van der Waals surface area contributed by atoms with Gasteiger partial charge in [-0.3, -0.25) is 0 Å². The number of methoxy groups -OCH3 is 1. The number of ether oxygens (including phenoxy) is 2. The number of unbranched alkanes of at least 4 members (excludes halogenated alkanes) is 4. The number of azo groups is 1. The molecule has 0 radical (unpaired) electrons. The van der Waals surface area contributed by atoms with E-state index in [1.54, 1.807) is 28.8 Å². The molecule has 1 aliphatic rings. The van der Waals surface area contributed by atoms with E-state index < -0.39 is 6.03 Å². The number of nitrogens with zero attached hydrogens (tertiary/aromatic N) is 4. The number of aromatic nitrogens is 1. The predicted octanol–water partition coefficient (Wildman–Crippen LogP) is 6.97. The van der Waals surface area contributed by atoms with Crippen molar-refractivity contribution in [1.29, 1.82) is 0 Å². The number of amides is 2. The lowest BCUT2D eigenvalue weighted by Gasteiger charge is -2.24. The Hall–Kier alpha value is -3.37. The van der Waals surface area contributed by atoms with Crippen molar-refractivity contribution in [3.05, 3.63) is 53.6 Å². The van der Waals surface area contributed by atoms with Crippen molar-refractivity contribution in [1.82, 2.24) is 9.47 Å². The molecule has 2 heterocycles. The third kappa shape index (κ3) is 7.63. The molecule has 0 spiro atoms. The minimum atomic E-state index is -0.424. The summed E-state index contributed by atoms with van der Waals surface area (Å²) in [5.74, 6) is 0.529. The molecule has 9 nitrogen and oxygen atoms in total. The van der Waals surface area contributed by atoms with E-state index in [2.05, 4.69) is 23.2 Å². The molecule has 1 N–H and O–H groups in total. The van der Waals surface area contributed by atoms with Crippen molar-refractivity contribution in [2.45, 2.75) is 56.9 Å². The minimum absolute atomic E-state index is 0.0388. The van der Waals surface area contributed by atoms with Gasteiger partial charge in [0.25, 0.3) is 0 Å².